The lowest BCUT2D eigenvalue weighted by atomic mass is 9.98. The van der Waals surface area contributed by atoms with Crippen LogP contribution in [0.1, 0.15) is 54.2 Å². The number of halogens is 1. The molecule has 0 saturated carbocycles. The highest BCUT2D eigenvalue weighted by Crippen LogP contribution is 2.54. The molecule has 2 fully saturated rings. The minimum atomic E-state index is -4.10. The zero-order valence-electron chi connectivity index (χ0n) is 24.4. The molecule has 0 spiro atoms. The summed E-state index contributed by atoms with van der Waals surface area (Å²) in [5.74, 6) is -2.09. The van der Waals surface area contributed by atoms with Crippen LogP contribution in [0, 0.1) is 11.8 Å². The van der Waals surface area contributed by atoms with Gasteiger partial charge >= 0.3 is 19.8 Å². The van der Waals surface area contributed by atoms with E-state index < -0.39 is 62.3 Å². The average molecular weight is 618 g/mol. The number of esters is 2. The number of imidazole rings is 1. The van der Waals surface area contributed by atoms with E-state index in [9.17, 15) is 14.2 Å². The molecule has 2 aliphatic heterocycles. The predicted molar refractivity (Wildman–Crippen MR) is 144 cm³/mol. The Morgan fingerprint density at radius 2 is 1.93 bits per heavy atom. The van der Waals surface area contributed by atoms with E-state index in [1.807, 2.05) is 0 Å². The molecule has 0 unspecified atom stereocenters. The van der Waals surface area contributed by atoms with E-state index in [1.54, 1.807) is 34.6 Å². The van der Waals surface area contributed by atoms with Gasteiger partial charge in [0.1, 0.15) is 6.10 Å². The van der Waals surface area contributed by atoms with Crippen LogP contribution < -0.4 is 10.5 Å². The maximum Gasteiger partial charge on any atom is 0.474 e. The summed E-state index contributed by atoms with van der Waals surface area (Å²) >= 11 is 0. The number of alkyl halides is 1. The second kappa shape index (κ2) is 12.8. The number of carbonyl (C=O) groups excluding carboxylic acids is 2. The Bertz CT molecular complexity index is 1330. The van der Waals surface area contributed by atoms with E-state index in [4.69, 9.17) is 38.3 Å². The molecule has 4 atom stereocenters. The standard InChI is InChI=1S/C25H37FN5O10P/c1-7-35-21-18-20(29-24(27)30-21)31(12-28-18)23-25(6,26)19(41-22(33)13(2)3)16(40-23)11-38-42(34)36-9-15(10-37-42)8-17(32)39-14(4)5/h12-16,19,23H,7-11H2,1-6H3,(H2,27,29,30)/t15?,16-,19-,23-,25-,42?/m1/s1. The SMILES string of the molecule is CCOc1nc(N)nc2c1ncn2[C@@H]1O[C@H](COP2(=O)OCC(CC(=O)OC(C)C)CO2)[C@@H](OC(=O)C(C)C)[C@@]1(C)F. The van der Waals surface area contributed by atoms with Crippen LogP contribution in [0.15, 0.2) is 6.33 Å². The molecule has 234 valence electrons. The fourth-order valence-electron chi connectivity index (χ4n) is 4.49. The number of hydrogen-bond donors (Lipinski definition) is 1. The van der Waals surface area contributed by atoms with Gasteiger partial charge in [0.25, 0.3) is 0 Å². The third kappa shape index (κ3) is 7.00. The summed E-state index contributed by atoms with van der Waals surface area (Å²) in [6.45, 7) is 9.20. The smallest absolute Gasteiger partial charge is 0.474 e. The molecule has 17 heteroatoms. The lowest BCUT2D eigenvalue weighted by Crippen LogP contribution is -2.44. The van der Waals surface area contributed by atoms with Gasteiger partial charge in [0, 0.05) is 5.92 Å². The van der Waals surface area contributed by atoms with Crippen molar-refractivity contribution >= 4 is 36.9 Å². The van der Waals surface area contributed by atoms with Crippen LogP contribution in [0.3, 0.4) is 0 Å². The molecule has 0 aromatic carbocycles. The van der Waals surface area contributed by atoms with Gasteiger partial charge in [-0.1, -0.05) is 13.8 Å². The van der Waals surface area contributed by atoms with Gasteiger partial charge in [-0.25, -0.2) is 13.9 Å². The zero-order chi connectivity index (χ0) is 30.8. The molecule has 0 radical (unpaired) electrons. The molecule has 2 saturated heterocycles. The van der Waals surface area contributed by atoms with E-state index in [0.717, 1.165) is 0 Å². The summed E-state index contributed by atoms with van der Waals surface area (Å²) in [6.07, 6.45) is -3.13. The summed E-state index contributed by atoms with van der Waals surface area (Å²) in [6, 6.07) is 0. The molecular formula is C25H37FN5O10P. The lowest BCUT2D eigenvalue weighted by molar-refractivity contribution is -0.162. The average Bonchev–Trinajstić information content (AvgIpc) is 3.42. The third-order valence-electron chi connectivity index (χ3n) is 6.49. The van der Waals surface area contributed by atoms with Crippen molar-refractivity contribution < 1.29 is 51.1 Å². The number of carbonyl (C=O) groups is 2. The van der Waals surface area contributed by atoms with Gasteiger partial charge in [-0.05, 0) is 27.7 Å². The first kappa shape index (κ1) is 32.0. The van der Waals surface area contributed by atoms with Crippen molar-refractivity contribution in [1.82, 2.24) is 19.5 Å². The highest BCUT2D eigenvalue weighted by atomic mass is 31.2. The Morgan fingerprint density at radius 3 is 2.55 bits per heavy atom. The topological polar surface area (TPSA) is 185 Å². The molecule has 15 nitrogen and oxygen atoms in total. The van der Waals surface area contributed by atoms with Crippen molar-refractivity contribution in [3.8, 4) is 5.88 Å². The van der Waals surface area contributed by atoms with E-state index in [0.29, 0.717) is 0 Å². The number of nitrogens with zero attached hydrogens (tertiary/aromatic N) is 4. The van der Waals surface area contributed by atoms with Crippen molar-refractivity contribution in [3.63, 3.8) is 0 Å². The number of phosphoric ester groups is 1. The molecule has 2 N–H and O–H groups in total. The molecule has 0 amide bonds. The Hall–Kier alpha value is -2.91. The number of anilines is 1. The molecule has 2 aliphatic rings. The van der Waals surface area contributed by atoms with Crippen LogP contribution in [0.4, 0.5) is 10.3 Å². The largest absolute Gasteiger partial charge is 0.476 e. The van der Waals surface area contributed by atoms with E-state index in [-0.39, 0.29) is 55.3 Å². The minimum absolute atomic E-state index is 0.0109. The number of fused-ring (bicyclic) bond motifs is 1. The van der Waals surface area contributed by atoms with Crippen molar-refractivity contribution in [2.75, 3.05) is 32.2 Å². The van der Waals surface area contributed by atoms with Crippen LogP contribution in [-0.4, -0.2) is 81.9 Å². The van der Waals surface area contributed by atoms with Gasteiger partial charge in [-0.2, -0.15) is 9.97 Å². The first-order valence-electron chi connectivity index (χ1n) is 13.6. The van der Waals surface area contributed by atoms with Gasteiger partial charge in [-0.15, -0.1) is 0 Å². The Morgan fingerprint density at radius 1 is 1.24 bits per heavy atom. The van der Waals surface area contributed by atoms with Crippen LogP contribution in [0.25, 0.3) is 11.2 Å². The Kier molecular flexibility index (Phi) is 9.72. The van der Waals surface area contributed by atoms with Gasteiger partial charge in [-0.3, -0.25) is 27.7 Å². The van der Waals surface area contributed by atoms with Crippen molar-refractivity contribution in [2.45, 2.75) is 78.2 Å². The fraction of sp³-hybridized carbons (Fsp3) is 0.720. The van der Waals surface area contributed by atoms with Gasteiger partial charge < -0.3 is 24.7 Å². The van der Waals surface area contributed by atoms with Gasteiger partial charge in [0.2, 0.25) is 11.8 Å². The van der Waals surface area contributed by atoms with Crippen LogP contribution in [0.2, 0.25) is 0 Å². The summed E-state index contributed by atoms with van der Waals surface area (Å²) in [5, 5.41) is 0. The van der Waals surface area contributed by atoms with Crippen molar-refractivity contribution in [3.05, 3.63) is 6.33 Å². The molecule has 42 heavy (non-hydrogen) atoms. The van der Waals surface area contributed by atoms with E-state index in [2.05, 4.69) is 15.0 Å². The number of ether oxygens (including phenoxy) is 4. The first-order chi connectivity index (χ1) is 19.7. The number of hydrogen-bond acceptors (Lipinski definition) is 14. The monoisotopic (exact) mass is 617 g/mol. The summed E-state index contributed by atoms with van der Waals surface area (Å²) < 4.78 is 69.3. The van der Waals surface area contributed by atoms with Crippen molar-refractivity contribution in [1.29, 1.82) is 0 Å². The molecule has 2 aromatic heterocycles. The number of phosphoric acid groups is 1. The van der Waals surface area contributed by atoms with Crippen LogP contribution >= 0.6 is 7.82 Å². The van der Waals surface area contributed by atoms with E-state index in [1.165, 1.54) is 17.8 Å². The van der Waals surface area contributed by atoms with Gasteiger partial charge in [0.15, 0.2) is 29.2 Å². The normalized spacial score (nSPS) is 29.7. The van der Waals surface area contributed by atoms with Crippen molar-refractivity contribution in [2.24, 2.45) is 11.8 Å². The molecule has 0 aliphatic carbocycles. The summed E-state index contributed by atoms with van der Waals surface area (Å²) in [7, 11) is -4.10. The number of aromatic nitrogens is 4. The number of rotatable bonds is 11. The highest BCUT2D eigenvalue weighted by Gasteiger charge is 2.59. The number of nitrogens with two attached hydrogens (primary N) is 1. The quantitative estimate of drug-likeness (QED) is 0.286. The first-order valence-corrected chi connectivity index (χ1v) is 15.1. The Labute approximate surface area is 242 Å². The predicted octanol–water partition coefficient (Wildman–Crippen LogP) is 3.13. The van der Waals surface area contributed by atoms with Crippen LogP contribution in [0.5, 0.6) is 5.88 Å². The van der Waals surface area contributed by atoms with E-state index >= 15 is 4.39 Å². The maximum absolute atomic E-state index is 16.6. The lowest BCUT2D eigenvalue weighted by Gasteiger charge is -2.30. The molecular weight excluding hydrogens is 580 g/mol. The third-order valence-corrected chi connectivity index (χ3v) is 7.89. The second-order valence-electron chi connectivity index (χ2n) is 10.8. The molecule has 4 rings (SSSR count). The fourth-order valence-corrected chi connectivity index (χ4v) is 5.83. The van der Waals surface area contributed by atoms with Gasteiger partial charge in [0.05, 0.1) is 51.2 Å². The zero-order valence-corrected chi connectivity index (χ0v) is 25.2. The molecule has 2 aromatic rings. The Balaban J connectivity index is 1.53. The maximum atomic E-state index is 16.6. The van der Waals surface area contributed by atoms with Crippen LogP contribution in [-0.2, 0) is 41.9 Å². The number of nitrogen functional groups attached to an aromatic ring is 1. The highest BCUT2D eigenvalue weighted by molar-refractivity contribution is 7.48. The second-order valence-corrected chi connectivity index (χ2v) is 12.4. The molecule has 4 heterocycles. The molecule has 0 bridgehead atoms. The minimum Gasteiger partial charge on any atom is -0.476 e. The summed E-state index contributed by atoms with van der Waals surface area (Å²) in [5.41, 5.74) is 3.86. The summed E-state index contributed by atoms with van der Waals surface area (Å²) in [4.78, 5) is 37.0.